The molecule has 0 amide bonds. The SMILES string of the molecule is NNc1nc(OC2CCOCC2)c(Cl)cc1Cl. The molecule has 0 bridgehead atoms. The van der Waals surface area contributed by atoms with E-state index in [0.717, 1.165) is 12.8 Å². The largest absolute Gasteiger partial charge is 0.473 e. The van der Waals surface area contributed by atoms with Crippen LogP contribution in [-0.2, 0) is 4.74 Å². The van der Waals surface area contributed by atoms with Gasteiger partial charge in [0.1, 0.15) is 11.1 Å². The van der Waals surface area contributed by atoms with Crippen molar-refractivity contribution in [1.29, 1.82) is 0 Å². The third kappa shape index (κ3) is 3.13. The molecular formula is C10H13Cl2N3O2. The number of nitrogens with zero attached hydrogens (tertiary/aromatic N) is 1. The predicted octanol–water partition coefficient (Wildman–Crippen LogP) is 2.23. The van der Waals surface area contributed by atoms with Crippen LogP contribution in [0.5, 0.6) is 5.88 Å². The molecule has 7 heteroatoms. The number of aromatic nitrogens is 1. The molecular weight excluding hydrogens is 265 g/mol. The highest BCUT2D eigenvalue weighted by molar-refractivity contribution is 6.36. The van der Waals surface area contributed by atoms with Crippen molar-refractivity contribution in [2.75, 3.05) is 18.6 Å². The monoisotopic (exact) mass is 277 g/mol. The van der Waals surface area contributed by atoms with Crippen LogP contribution in [0.15, 0.2) is 6.07 Å². The zero-order chi connectivity index (χ0) is 12.3. The highest BCUT2D eigenvalue weighted by Crippen LogP contribution is 2.31. The molecule has 5 nitrogen and oxygen atoms in total. The van der Waals surface area contributed by atoms with Gasteiger partial charge in [-0.3, -0.25) is 0 Å². The standard InChI is InChI=1S/C10H13Cl2N3O2/c11-7-5-8(12)10(14-9(7)15-13)17-6-1-3-16-4-2-6/h5-6H,1-4,13H2,(H,14,15). The Morgan fingerprint density at radius 3 is 2.71 bits per heavy atom. The van der Waals surface area contributed by atoms with Crippen LogP contribution in [0.1, 0.15) is 12.8 Å². The summed E-state index contributed by atoms with van der Waals surface area (Å²) in [5.41, 5.74) is 2.39. The maximum atomic E-state index is 6.01. The van der Waals surface area contributed by atoms with Crippen molar-refractivity contribution in [2.24, 2.45) is 5.84 Å². The van der Waals surface area contributed by atoms with Crippen molar-refractivity contribution in [2.45, 2.75) is 18.9 Å². The van der Waals surface area contributed by atoms with Gasteiger partial charge in [0.15, 0.2) is 5.82 Å². The van der Waals surface area contributed by atoms with E-state index < -0.39 is 0 Å². The zero-order valence-electron chi connectivity index (χ0n) is 9.08. The minimum absolute atomic E-state index is 0.0700. The molecule has 0 unspecified atom stereocenters. The van der Waals surface area contributed by atoms with E-state index in [1.165, 1.54) is 0 Å². The molecule has 0 aromatic carbocycles. The summed E-state index contributed by atoms with van der Waals surface area (Å²) in [4.78, 5) is 4.12. The number of ether oxygens (including phenoxy) is 2. The highest BCUT2D eigenvalue weighted by Gasteiger charge is 2.18. The van der Waals surface area contributed by atoms with Gasteiger partial charge in [-0.15, -0.1) is 0 Å². The van der Waals surface area contributed by atoms with Gasteiger partial charge in [0.25, 0.3) is 0 Å². The molecule has 0 radical (unpaired) electrons. The first-order chi connectivity index (χ1) is 8.20. The molecule has 1 aromatic heterocycles. The molecule has 1 aliphatic heterocycles. The Morgan fingerprint density at radius 2 is 2.06 bits per heavy atom. The van der Waals surface area contributed by atoms with Crippen molar-refractivity contribution in [1.82, 2.24) is 4.98 Å². The number of anilines is 1. The quantitative estimate of drug-likeness (QED) is 0.655. The van der Waals surface area contributed by atoms with E-state index in [4.69, 9.17) is 38.5 Å². The molecule has 0 atom stereocenters. The van der Waals surface area contributed by atoms with Crippen molar-refractivity contribution in [3.8, 4) is 5.88 Å². The minimum Gasteiger partial charge on any atom is -0.473 e. The Balaban J connectivity index is 2.13. The third-order valence-electron chi connectivity index (χ3n) is 2.48. The normalized spacial score (nSPS) is 16.9. The molecule has 17 heavy (non-hydrogen) atoms. The molecule has 94 valence electrons. The van der Waals surface area contributed by atoms with E-state index in [1.54, 1.807) is 6.07 Å². The zero-order valence-corrected chi connectivity index (χ0v) is 10.6. The predicted molar refractivity (Wildman–Crippen MR) is 66.5 cm³/mol. The van der Waals surface area contributed by atoms with Crippen molar-refractivity contribution in [3.63, 3.8) is 0 Å². The maximum absolute atomic E-state index is 6.01. The van der Waals surface area contributed by atoms with E-state index in [0.29, 0.717) is 35.0 Å². The van der Waals surface area contributed by atoms with Gasteiger partial charge in [0, 0.05) is 12.8 Å². The number of nitrogens with two attached hydrogens (primary N) is 1. The number of rotatable bonds is 3. The topological polar surface area (TPSA) is 69.4 Å². The van der Waals surface area contributed by atoms with E-state index in [-0.39, 0.29) is 6.10 Å². The number of hydrogen-bond donors (Lipinski definition) is 2. The minimum atomic E-state index is 0.0700. The molecule has 1 aromatic rings. The Bertz CT molecular complexity index is 397. The third-order valence-corrected chi connectivity index (χ3v) is 3.04. The first kappa shape index (κ1) is 12.7. The first-order valence-electron chi connectivity index (χ1n) is 5.27. The summed E-state index contributed by atoms with van der Waals surface area (Å²) in [5.74, 6) is 5.98. The molecule has 0 spiro atoms. The molecule has 2 rings (SSSR count). The smallest absolute Gasteiger partial charge is 0.234 e. The number of pyridine rings is 1. The summed E-state index contributed by atoms with van der Waals surface area (Å²) in [7, 11) is 0. The molecule has 2 heterocycles. The van der Waals surface area contributed by atoms with Gasteiger partial charge in [-0.05, 0) is 6.07 Å². The number of hydrogen-bond acceptors (Lipinski definition) is 5. The van der Waals surface area contributed by atoms with Crippen molar-refractivity contribution < 1.29 is 9.47 Å². The number of nitrogens with one attached hydrogen (secondary N) is 1. The van der Waals surface area contributed by atoms with Crippen LogP contribution in [0, 0.1) is 0 Å². The fourth-order valence-electron chi connectivity index (χ4n) is 1.59. The average molecular weight is 278 g/mol. The van der Waals surface area contributed by atoms with Gasteiger partial charge in [0.05, 0.1) is 18.2 Å². The van der Waals surface area contributed by atoms with E-state index >= 15 is 0 Å². The summed E-state index contributed by atoms with van der Waals surface area (Å²) in [5, 5.41) is 0.734. The number of nitrogen functional groups attached to an aromatic ring is 1. The van der Waals surface area contributed by atoms with Crippen LogP contribution in [0.25, 0.3) is 0 Å². The Hall–Kier alpha value is -0.750. The molecule has 0 aliphatic carbocycles. The fourth-order valence-corrected chi connectivity index (χ4v) is 2.04. The number of hydrazine groups is 1. The Morgan fingerprint density at radius 1 is 1.35 bits per heavy atom. The summed E-state index contributed by atoms with van der Waals surface area (Å²) in [6, 6.07) is 1.56. The second-order valence-corrected chi connectivity index (χ2v) is 4.49. The Labute approximate surface area is 109 Å². The lowest BCUT2D eigenvalue weighted by molar-refractivity contribution is 0.0238. The van der Waals surface area contributed by atoms with Gasteiger partial charge < -0.3 is 14.9 Å². The summed E-state index contributed by atoms with van der Waals surface area (Å²) in [6.07, 6.45) is 1.72. The van der Waals surface area contributed by atoms with Crippen molar-refractivity contribution in [3.05, 3.63) is 16.1 Å². The lowest BCUT2D eigenvalue weighted by Gasteiger charge is -2.23. The van der Waals surface area contributed by atoms with E-state index in [9.17, 15) is 0 Å². The van der Waals surface area contributed by atoms with Crippen LogP contribution < -0.4 is 16.0 Å². The van der Waals surface area contributed by atoms with Crippen molar-refractivity contribution >= 4 is 29.0 Å². The second kappa shape index (κ2) is 5.73. The van der Waals surface area contributed by atoms with Crippen LogP contribution in [0.2, 0.25) is 10.0 Å². The average Bonchev–Trinajstić information content (AvgIpc) is 2.34. The molecule has 1 aliphatic rings. The summed E-state index contributed by atoms with van der Waals surface area (Å²) in [6.45, 7) is 1.38. The van der Waals surface area contributed by atoms with E-state index in [2.05, 4.69) is 10.4 Å². The van der Waals surface area contributed by atoms with Gasteiger partial charge in [-0.1, -0.05) is 23.2 Å². The van der Waals surface area contributed by atoms with Gasteiger partial charge in [0.2, 0.25) is 5.88 Å². The Kier molecular flexibility index (Phi) is 4.28. The van der Waals surface area contributed by atoms with E-state index in [1.807, 2.05) is 0 Å². The van der Waals surface area contributed by atoms with Gasteiger partial charge >= 0.3 is 0 Å². The van der Waals surface area contributed by atoms with Gasteiger partial charge in [-0.25, -0.2) is 5.84 Å². The lowest BCUT2D eigenvalue weighted by Crippen LogP contribution is -2.26. The fraction of sp³-hybridized carbons (Fsp3) is 0.500. The molecule has 1 saturated heterocycles. The highest BCUT2D eigenvalue weighted by atomic mass is 35.5. The molecule has 1 fully saturated rings. The van der Waals surface area contributed by atoms with Crippen LogP contribution >= 0.6 is 23.2 Å². The van der Waals surface area contributed by atoms with Gasteiger partial charge in [-0.2, -0.15) is 4.98 Å². The molecule has 3 N–H and O–H groups in total. The summed E-state index contributed by atoms with van der Waals surface area (Å²) >= 11 is 11.9. The van der Waals surface area contributed by atoms with Crippen LogP contribution in [0.3, 0.4) is 0 Å². The first-order valence-corrected chi connectivity index (χ1v) is 6.03. The van der Waals surface area contributed by atoms with Crippen LogP contribution in [0.4, 0.5) is 5.82 Å². The molecule has 0 saturated carbocycles. The summed E-state index contributed by atoms with van der Waals surface area (Å²) < 4.78 is 11.0. The number of halogens is 2. The maximum Gasteiger partial charge on any atom is 0.234 e. The lowest BCUT2D eigenvalue weighted by atomic mass is 10.1. The second-order valence-electron chi connectivity index (χ2n) is 3.68. The van der Waals surface area contributed by atoms with Crippen LogP contribution in [-0.4, -0.2) is 24.3 Å².